The van der Waals surface area contributed by atoms with Gasteiger partial charge in [-0.3, -0.25) is 28.3 Å². The smallest absolute Gasteiger partial charge is 0.410 e. The first-order valence-corrected chi connectivity index (χ1v) is 29.7. The predicted octanol–water partition coefficient (Wildman–Crippen LogP) is 8.31. The van der Waals surface area contributed by atoms with Crippen molar-refractivity contribution >= 4 is 94.5 Å². The zero-order valence-electron chi connectivity index (χ0n) is 43.9. The highest BCUT2D eigenvalue weighted by Gasteiger charge is 2.43. The Kier molecular flexibility index (Phi) is 25.8. The van der Waals surface area contributed by atoms with E-state index in [9.17, 15) is 47.8 Å². The minimum atomic E-state index is -4.72. The molecule has 0 radical (unpaired) electrons. The summed E-state index contributed by atoms with van der Waals surface area (Å²) >= 11 is 6.73. The average molecular weight is 1230 g/mol. The van der Waals surface area contributed by atoms with Crippen LogP contribution >= 0.6 is 46.6 Å². The number of carbonyl (C=O) groups is 8. The second-order valence-corrected chi connectivity index (χ2v) is 25.9. The van der Waals surface area contributed by atoms with Crippen molar-refractivity contribution in [3.05, 3.63) is 104 Å². The number of ether oxygens (including phenoxy) is 5. The van der Waals surface area contributed by atoms with Gasteiger partial charge in [-0.1, -0.05) is 114 Å². The molecule has 0 aliphatic heterocycles. The van der Waals surface area contributed by atoms with Crippen LogP contribution in [-0.4, -0.2) is 101 Å². The van der Waals surface area contributed by atoms with E-state index < -0.39 is 135 Å². The molecule has 10 unspecified atom stereocenters. The van der Waals surface area contributed by atoms with Gasteiger partial charge < -0.3 is 54.4 Å². The van der Waals surface area contributed by atoms with E-state index in [1.54, 1.807) is 107 Å². The van der Waals surface area contributed by atoms with Crippen LogP contribution in [0, 0.1) is 23.7 Å². The molecular weight excluding hydrogens is 1160 g/mol. The number of nitrogens with one attached hydrogen (secondary N) is 4. The molecule has 3 rings (SSSR count). The van der Waals surface area contributed by atoms with Gasteiger partial charge in [0.2, 0.25) is 31.8 Å². The number of hydrogen-bond donors (Lipinski definition) is 5. The number of carbonyl (C=O) groups excluding carboxylic acids is 8. The largest absolute Gasteiger partial charge is 0.459 e. The number of esters is 3. The van der Waals surface area contributed by atoms with Gasteiger partial charge in [-0.15, -0.1) is 0 Å². The third-order valence-corrected chi connectivity index (χ3v) is 17.4. The maximum atomic E-state index is 15.4. The van der Waals surface area contributed by atoms with Crippen LogP contribution in [0.2, 0.25) is 0 Å². The van der Waals surface area contributed by atoms with E-state index >= 15 is 4.57 Å². The first-order chi connectivity index (χ1) is 35.5. The van der Waals surface area contributed by atoms with Crippen molar-refractivity contribution in [3.8, 4) is 0 Å². The quantitative estimate of drug-likeness (QED) is 0.0207. The average Bonchev–Trinajstić information content (AvgIpc) is 3.33. The fourth-order valence-electron chi connectivity index (χ4n) is 6.77. The number of rotatable bonds is 27. The molecule has 0 saturated heterocycles. The molecule has 0 saturated carbocycles. The highest BCUT2D eigenvalue weighted by atomic mass is 79.9. The van der Waals surface area contributed by atoms with Crippen LogP contribution < -0.4 is 21.3 Å². The molecular formula is C51H68Br2N4O17P2. The summed E-state index contributed by atoms with van der Waals surface area (Å²) in [6.07, 6.45) is -6.97. The lowest BCUT2D eigenvalue weighted by molar-refractivity contribution is -0.169. The molecule has 0 aliphatic rings. The van der Waals surface area contributed by atoms with E-state index in [1.807, 2.05) is 0 Å². The summed E-state index contributed by atoms with van der Waals surface area (Å²) in [5.74, 6) is -12.1. The lowest BCUT2D eigenvalue weighted by atomic mass is 10.00. The zero-order valence-corrected chi connectivity index (χ0v) is 48.9. The molecule has 4 amide bonds. The van der Waals surface area contributed by atoms with E-state index in [-0.39, 0.29) is 19.4 Å². The van der Waals surface area contributed by atoms with Crippen molar-refractivity contribution in [2.75, 3.05) is 12.3 Å². The summed E-state index contributed by atoms with van der Waals surface area (Å²) in [6, 6.07) is 19.4. The number of alkyl carbamates (subject to hydrolysis) is 2. The fraction of sp³-hybridized carbons (Fsp3) is 0.490. The molecule has 21 nitrogen and oxygen atoms in total. The second kappa shape index (κ2) is 30.4. The first kappa shape index (κ1) is 64.7. The van der Waals surface area contributed by atoms with Gasteiger partial charge in [0.25, 0.3) is 7.37 Å². The standard InChI is InChI=1S/C51H68Br2N4O17P2/c1-29(2)46(60)70-35(9)72-50(64)56-33(7)75(66,67)27-40(24-37-16-20-42(52)21-17-37)44(58)55-32(6)49(63)74-76(68,34(8)57-51(65)73-36(10)71-47(61)30(3)4)28-41(25-38-18-22-43(53)23-19-38)45(59)54-31(5)48(62)69-26-39-14-12-11-13-15-39/h11-23,29-36,40-41H,24-28H2,1-10H3,(H,54,59)(H,55,58)(H,56,64)(H,57,65)(H,66,67). The van der Waals surface area contributed by atoms with Gasteiger partial charge >= 0.3 is 36.1 Å². The molecule has 5 N–H and O–H groups in total. The van der Waals surface area contributed by atoms with Crippen LogP contribution in [0.4, 0.5) is 9.59 Å². The van der Waals surface area contributed by atoms with Crippen molar-refractivity contribution in [2.24, 2.45) is 23.7 Å². The van der Waals surface area contributed by atoms with E-state index in [1.165, 1.54) is 41.5 Å². The Morgan fingerprint density at radius 3 is 1.34 bits per heavy atom. The Morgan fingerprint density at radius 2 is 0.908 bits per heavy atom. The summed E-state index contributed by atoms with van der Waals surface area (Å²) in [5.41, 5.74) is 1.79. The zero-order chi connectivity index (χ0) is 57.1. The number of hydrogen-bond acceptors (Lipinski definition) is 16. The molecule has 10 atom stereocenters. The molecule has 76 heavy (non-hydrogen) atoms. The minimum absolute atomic E-state index is 0.0904. The highest BCUT2D eigenvalue weighted by Crippen LogP contribution is 2.53. The molecule has 0 aliphatic carbocycles. The molecule has 3 aromatic carbocycles. The van der Waals surface area contributed by atoms with Crippen molar-refractivity contribution in [1.29, 1.82) is 0 Å². The van der Waals surface area contributed by atoms with Crippen LogP contribution in [-0.2, 0) is 85.6 Å². The molecule has 25 heteroatoms. The molecule has 418 valence electrons. The summed E-state index contributed by atoms with van der Waals surface area (Å²) in [4.78, 5) is 117. The van der Waals surface area contributed by atoms with Crippen molar-refractivity contribution in [2.45, 2.75) is 125 Å². The lowest BCUT2D eigenvalue weighted by Gasteiger charge is -2.30. The summed E-state index contributed by atoms with van der Waals surface area (Å²) < 4.78 is 62.3. The summed E-state index contributed by atoms with van der Waals surface area (Å²) in [7, 11) is -9.25. The third-order valence-electron chi connectivity index (χ3n) is 11.3. The number of amides is 4. The van der Waals surface area contributed by atoms with E-state index in [2.05, 4.69) is 53.1 Å². The Labute approximate surface area is 459 Å². The topological polar surface area (TPSA) is 294 Å². The van der Waals surface area contributed by atoms with E-state index in [4.69, 9.17) is 28.2 Å². The van der Waals surface area contributed by atoms with Crippen LogP contribution in [0.15, 0.2) is 87.8 Å². The summed E-state index contributed by atoms with van der Waals surface area (Å²) in [5, 5.41) is 9.67. The molecule has 0 spiro atoms. The fourth-order valence-corrected chi connectivity index (χ4v) is 11.1. The van der Waals surface area contributed by atoms with Gasteiger partial charge in [0.1, 0.15) is 30.3 Å². The van der Waals surface area contributed by atoms with Crippen LogP contribution in [0.1, 0.15) is 85.9 Å². The van der Waals surface area contributed by atoms with Gasteiger partial charge in [0.15, 0.2) is 0 Å². The van der Waals surface area contributed by atoms with Crippen molar-refractivity contribution < 1.29 is 80.6 Å². The normalized spacial score (nSPS) is 16.0. The lowest BCUT2D eigenvalue weighted by Crippen LogP contribution is -2.46. The monoisotopic (exact) mass is 1230 g/mol. The van der Waals surface area contributed by atoms with E-state index in [0.717, 1.165) is 0 Å². The third kappa shape index (κ3) is 22.2. The highest BCUT2D eigenvalue weighted by molar-refractivity contribution is 9.10. The maximum absolute atomic E-state index is 15.4. The molecule has 0 aromatic heterocycles. The van der Waals surface area contributed by atoms with Crippen molar-refractivity contribution in [3.63, 3.8) is 0 Å². The van der Waals surface area contributed by atoms with Gasteiger partial charge in [-0.2, -0.15) is 0 Å². The predicted molar refractivity (Wildman–Crippen MR) is 286 cm³/mol. The van der Waals surface area contributed by atoms with Gasteiger partial charge in [0.05, 0.1) is 23.7 Å². The summed E-state index contributed by atoms with van der Waals surface area (Å²) in [6.45, 7) is 13.7. The molecule has 0 fully saturated rings. The second-order valence-electron chi connectivity index (χ2n) is 18.6. The van der Waals surface area contributed by atoms with E-state index in [0.29, 0.717) is 25.6 Å². The Bertz CT molecular complexity index is 2570. The number of halogens is 2. The van der Waals surface area contributed by atoms with Crippen molar-refractivity contribution in [1.82, 2.24) is 21.3 Å². The van der Waals surface area contributed by atoms with Gasteiger partial charge in [-0.05, 0) is 81.5 Å². The Morgan fingerprint density at radius 1 is 0.500 bits per heavy atom. The molecule has 0 heterocycles. The Balaban J connectivity index is 1.96. The minimum Gasteiger partial charge on any atom is -0.459 e. The maximum Gasteiger partial charge on any atom is 0.410 e. The van der Waals surface area contributed by atoms with Gasteiger partial charge in [-0.25, -0.2) is 19.2 Å². The van der Waals surface area contributed by atoms with Crippen LogP contribution in [0.3, 0.4) is 0 Å². The Hall–Kier alpha value is -5.60. The SMILES string of the molecule is CC(OC(=O)NC(C)P(=O)(O)CC(Cc1ccc(Br)cc1)C(=O)NC(C)C(=O)OP(=O)(CC(Cc1ccc(Br)cc1)C(=O)NC(C)C(=O)OCc1ccccc1)C(C)NC(=O)OC(C)OC(=O)C(C)C)OC(=O)C(C)C. The van der Waals surface area contributed by atoms with Crippen LogP contribution in [0.5, 0.6) is 0 Å². The van der Waals surface area contributed by atoms with Gasteiger partial charge in [0, 0.05) is 35.1 Å². The van der Waals surface area contributed by atoms with Crippen LogP contribution in [0.25, 0.3) is 0 Å². The first-order valence-electron chi connectivity index (χ1n) is 24.3. The molecule has 3 aromatic rings. The number of benzene rings is 3. The molecule has 0 bridgehead atoms.